The number of epoxide rings is 1. The molecule has 72 valence electrons. The van der Waals surface area contributed by atoms with Crippen LogP contribution < -0.4 is 0 Å². The summed E-state index contributed by atoms with van der Waals surface area (Å²) in [6, 6.07) is 0. The molecule has 1 aliphatic rings. The fourth-order valence-electron chi connectivity index (χ4n) is 0.666. The minimum absolute atomic E-state index is 0.260. The molecule has 1 fully saturated rings. The molecule has 0 saturated carbocycles. The number of hydrogen-bond donors (Lipinski definition) is 0. The highest BCUT2D eigenvalue weighted by molar-refractivity contribution is 5.16. The highest BCUT2D eigenvalue weighted by Gasteiger charge is 2.22. The molecule has 0 spiro atoms. The third-order valence-electron chi connectivity index (χ3n) is 1.57. The molecule has 1 rings (SSSR count). The molecule has 3 heteroatoms. The summed E-state index contributed by atoms with van der Waals surface area (Å²) in [5.41, 5.74) is 0. The first kappa shape index (κ1) is 9.86. The van der Waals surface area contributed by atoms with Crippen molar-refractivity contribution in [1.82, 2.24) is 0 Å². The van der Waals surface area contributed by atoms with Crippen LogP contribution in [0.25, 0.3) is 0 Å². The van der Waals surface area contributed by atoms with Gasteiger partial charge in [0.1, 0.15) is 24.2 Å². The zero-order chi connectivity index (χ0) is 9.68. The highest BCUT2D eigenvalue weighted by Crippen LogP contribution is 2.11. The smallest absolute Gasteiger partial charge is 0.117 e. The number of ether oxygens (including phenoxy) is 3. The van der Waals surface area contributed by atoms with E-state index in [2.05, 4.69) is 13.2 Å². The highest BCUT2D eigenvalue weighted by atomic mass is 16.6. The fraction of sp³-hybridized carbons (Fsp3) is 0.400. The van der Waals surface area contributed by atoms with Gasteiger partial charge in [0.15, 0.2) is 0 Å². The van der Waals surface area contributed by atoms with Crippen LogP contribution >= 0.6 is 0 Å². The maximum absolute atomic E-state index is 5.26. The number of methoxy groups -OCH3 is 1. The largest absolute Gasteiger partial charge is 0.497 e. The van der Waals surface area contributed by atoms with Gasteiger partial charge in [0.2, 0.25) is 0 Å². The van der Waals surface area contributed by atoms with Gasteiger partial charge in [-0.1, -0.05) is 13.2 Å². The Balaban J connectivity index is 2.14. The molecule has 3 nitrogen and oxygen atoms in total. The molecule has 0 radical (unpaired) electrons. The maximum atomic E-state index is 5.26. The van der Waals surface area contributed by atoms with Crippen molar-refractivity contribution in [2.75, 3.05) is 20.3 Å². The third kappa shape index (κ3) is 4.38. The SMILES string of the molecule is C=C(/C=C\C(=C)OCC1CO1)OC. The van der Waals surface area contributed by atoms with Gasteiger partial charge in [0, 0.05) is 0 Å². The van der Waals surface area contributed by atoms with Crippen LogP contribution in [0.2, 0.25) is 0 Å². The third-order valence-corrected chi connectivity index (χ3v) is 1.57. The summed E-state index contributed by atoms with van der Waals surface area (Å²) in [6.07, 6.45) is 3.68. The van der Waals surface area contributed by atoms with Crippen LogP contribution in [0.15, 0.2) is 36.8 Å². The van der Waals surface area contributed by atoms with Crippen molar-refractivity contribution in [3.63, 3.8) is 0 Å². The Hall–Kier alpha value is -1.22. The summed E-state index contributed by atoms with van der Waals surface area (Å²) in [4.78, 5) is 0. The van der Waals surface area contributed by atoms with Crippen LogP contribution in [0.1, 0.15) is 0 Å². The molecule has 13 heavy (non-hydrogen) atoms. The summed E-state index contributed by atoms with van der Waals surface area (Å²) in [6.45, 7) is 8.69. The van der Waals surface area contributed by atoms with Crippen molar-refractivity contribution in [3.8, 4) is 0 Å². The molecule has 1 unspecified atom stereocenters. The monoisotopic (exact) mass is 182 g/mol. The Morgan fingerprint density at radius 1 is 1.46 bits per heavy atom. The van der Waals surface area contributed by atoms with E-state index in [1.54, 1.807) is 19.3 Å². The molecule has 0 bridgehead atoms. The van der Waals surface area contributed by atoms with E-state index in [1.165, 1.54) is 0 Å². The van der Waals surface area contributed by atoms with Crippen LogP contribution in [0.3, 0.4) is 0 Å². The Morgan fingerprint density at radius 3 is 2.62 bits per heavy atom. The van der Waals surface area contributed by atoms with Gasteiger partial charge in [-0.25, -0.2) is 0 Å². The molecular weight excluding hydrogens is 168 g/mol. The van der Waals surface area contributed by atoms with Gasteiger partial charge in [0.25, 0.3) is 0 Å². The van der Waals surface area contributed by atoms with Crippen LogP contribution in [0.5, 0.6) is 0 Å². The summed E-state index contributed by atoms with van der Waals surface area (Å²) >= 11 is 0. The lowest BCUT2D eigenvalue weighted by atomic mass is 10.4. The van der Waals surface area contributed by atoms with E-state index in [0.717, 1.165) is 6.61 Å². The zero-order valence-electron chi connectivity index (χ0n) is 7.79. The van der Waals surface area contributed by atoms with Crippen molar-refractivity contribution < 1.29 is 14.2 Å². The first-order chi connectivity index (χ1) is 6.22. The van der Waals surface area contributed by atoms with E-state index in [0.29, 0.717) is 18.1 Å². The predicted octanol–water partition coefficient (Wildman–Crippen LogP) is 1.63. The summed E-state index contributed by atoms with van der Waals surface area (Å²) < 4.78 is 15.1. The summed E-state index contributed by atoms with van der Waals surface area (Å²) in [5, 5.41) is 0. The van der Waals surface area contributed by atoms with E-state index < -0.39 is 0 Å². The van der Waals surface area contributed by atoms with E-state index in [1.807, 2.05) is 0 Å². The van der Waals surface area contributed by atoms with Gasteiger partial charge in [-0.3, -0.25) is 0 Å². The van der Waals surface area contributed by atoms with Gasteiger partial charge < -0.3 is 14.2 Å². The second kappa shape index (κ2) is 4.72. The molecular formula is C10H14O3. The fourth-order valence-corrected chi connectivity index (χ4v) is 0.666. The first-order valence-electron chi connectivity index (χ1n) is 4.06. The number of rotatable bonds is 6. The molecule has 0 aromatic rings. The quantitative estimate of drug-likeness (QED) is 0.355. The average molecular weight is 182 g/mol. The standard InChI is InChI=1S/C10H14O3/c1-8(11-3)4-5-9(2)12-6-10-7-13-10/h4-5,10H,1-2,6-7H2,3H3/b5-4-. The lowest BCUT2D eigenvalue weighted by molar-refractivity contribution is 0.194. The van der Waals surface area contributed by atoms with E-state index in [4.69, 9.17) is 14.2 Å². The van der Waals surface area contributed by atoms with Crippen molar-refractivity contribution in [2.24, 2.45) is 0 Å². The number of allylic oxidation sites excluding steroid dienone is 2. The van der Waals surface area contributed by atoms with Crippen molar-refractivity contribution in [3.05, 3.63) is 36.8 Å². The van der Waals surface area contributed by atoms with E-state index in [9.17, 15) is 0 Å². The minimum Gasteiger partial charge on any atom is -0.497 e. The van der Waals surface area contributed by atoms with E-state index in [-0.39, 0.29) is 6.10 Å². The molecule has 1 aliphatic heterocycles. The minimum atomic E-state index is 0.260. The molecule has 0 amide bonds. The Kier molecular flexibility index (Phi) is 3.58. The topological polar surface area (TPSA) is 31.0 Å². The molecule has 0 N–H and O–H groups in total. The van der Waals surface area contributed by atoms with Crippen molar-refractivity contribution in [2.45, 2.75) is 6.10 Å². The van der Waals surface area contributed by atoms with Crippen LogP contribution in [-0.4, -0.2) is 26.4 Å². The molecule has 1 heterocycles. The van der Waals surface area contributed by atoms with Gasteiger partial charge >= 0.3 is 0 Å². The zero-order valence-corrected chi connectivity index (χ0v) is 7.79. The second-order valence-corrected chi connectivity index (χ2v) is 2.74. The summed E-state index contributed by atoms with van der Waals surface area (Å²) in [7, 11) is 1.56. The summed E-state index contributed by atoms with van der Waals surface area (Å²) in [5.74, 6) is 1.17. The second-order valence-electron chi connectivity index (χ2n) is 2.74. The van der Waals surface area contributed by atoms with E-state index >= 15 is 0 Å². The first-order valence-corrected chi connectivity index (χ1v) is 4.06. The molecule has 0 aliphatic carbocycles. The Morgan fingerprint density at radius 2 is 2.08 bits per heavy atom. The Bertz CT molecular complexity index is 226. The van der Waals surface area contributed by atoms with Gasteiger partial charge in [-0.15, -0.1) is 0 Å². The van der Waals surface area contributed by atoms with Gasteiger partial charge in [-0.2, -0.15) is 0 Å². The van der Waals surface area contributed by atoms with Crippen LogP contribution in [0.4, 0.5) is 0 Å². The number of hydrogen-bond acceptors (Lipinski definition) is 3. The van der Waals surface area contributed by atoms with Crippen LogP contribution in [-0.2, 0) is 14.2 Å². The Labute approximate surface area is 78.3 Å². The molecule has 1 atom stereocenters. The maximum Gasteiger partial charge on any atom is 0.117 e. The van der Waals surface area contributed by atoms with Crippen molar-refractivity contribution in [1.29, 1.82) is 0 Å². The normalized spacial score (nSPS) is 19.9. The van der Waals surface area contributed by atoms with Gasteiger partial charge in [-0.05, 0) is 12.2 Å². The van der Waals surface area contributed by atoms with Gasteiger partial charge in [0.05, 0.1) is 13.7 Å². The molecule has 0 aromatic heterocycles. The lowest BCUT2D eigenvalue weighted by Crippen LogP contribution is -1.99. The molecule has 0 aromatic carbocycles. The lowest BCUT2D eigenvalue weighted by Gasteiger charge is -2.02. The molecule has 1 saturated heterocycles. The van der Waals surface area contributed by atoms with Crippen molar-refractivity contribution >= 4 is 0 Å². The van der Waals surface area contributed by atoms with Crippen LogP contribution in [0, 0.1) is 0 Å². The predicted molar refractivity (Wildman–Crippen MR) is 50.1 cm³/mol. The average Bonchev–Trinajstić information content (AvgIpc) is 2.94.